The Balaban J connectivity index is 1.97. The van der Waals surface area contributed by atoms with E-state index in [1.807, 2.05) is 6.92 Å². The van der Waals surface area contributed by atoms with Crippen LogP contribution in [-0.2, 0) is 27.3 Å². The molecule has 6 nitrogen and oxygen atoms in total. The van der Waals surface area contributed by atoms with Gasteiger partial charge in [-0.2, -0.15) is 4.99 Å². The van der Waals surface area contributed by atoms with E-state index in [9.17, 15) is 18.4 Å². The van der Waals surface area contributed by atoms with E-state index in [0.717, 1.165) is 23.0 Å². The Hall–Kier alpha value is -3.07. The van der Waals surface area contributed by atoms with Crippen molar-refractivity contribution in [2.75, 3.05) is 13.7 Å². The van der Waals surface area contributed by atoms with Gasteiger partial charge in [0.2, 0.25) is 0 Å². The number of halogens is 2. The van der Waals surface area contributed by atoms with Crippen molar-refractivity contribution in [1.82, 2.24) is 4.57 Å². The van der Waals surface area contributed by atoms with Crippen LogP contribution in [0.4, 0.5) is 8.78 Å². The molecule has 0 spiro atoms. The van der Waals surface area contributed by atoms with Gasteiger partial charge in [-0.15, -0.1) is 0 Å². The zero-order chi connectivity index (χ0) is 21.0. The van der Waals surface area contributed by atoms with E-state index in [1.165, 1.54) is 11.7 Å². The van der Waals surface area contributed by atoms with Gasteiger partial charge in [0, 0.05) is 6.07 Å². The van der Waals surface area contributed by atoms with Gasteiger partial charge in [0.1, 0.15) is 18.1 Å². The molecule has 0 unspecified atom stereocenters. The summed E-state index contributed by atoms with van der Waals surface area (Å²) in [5, 5.41) is 0. The predicted molar refractivity (Wildman–Crippen MR) is 104 cm³/mol. The van der Waals surface area contributed by atoms with Crippen LogP contribution in [0.2, 0.25) is 0 Å². The molecule has 1 amide bonds. The van der Waals surface area contributed by atoms with Crippen LogP contribution in [0.5, 0.6) is 5.75 Å². The van der Waals surface area contributed by atoms with Crippen molar-refractivity contribution in [2.24, 2.45) is 4.99 Å². The molecule has 152 valence electrons. The average Bonchev–Trinajstić information content (AvgIpc) is 3.00. The first-order valence-corrected chi connectivity index (χ1v) is 9.57. The summed E-state index contributed by atoms with van der Waals surface area (Å²) in [5.74, 6) is -2.04. The fourth-order valence-corrected chi connectivity index (χ4v) is 3.83. The number of thiazole rings is 1. The molecule has 0 fully saturated rings. The number of rotatable bonds is 6. The molecule has 2 aromatic carbocycles. The second-order valence-corrected chi connectivity index (χ2v) is 7.05. The van der Waals surface area contributed by atoms with Gasteiger partial charge in [-0.1, -0.05) is 23.5 Å². The van der Waals surface area contributed by atoms with Crippen LogP contribution >= 0.6 is 11.3 Å². The molecule has 3 rings (SSSR count). The van der Waals surface area contributed by atoms with E-state index in [-0.39, 0.29) is 28.0 Å². The van der Waals surface area contributed by atoms with E-state index < -0.39 is 23.5 Å². The SMILES string of the molecule is CCOc1ccc(CC(=O)N=c2sc3cc(F)cc(F)c3n2CC(=O)OC)cc1. The summed E-state index contributed by atoms with van der Waals surface area (Å²) >= 11 is 0.920. The first-order chi connectivity index (χ1) is 13.9. The third-order valence-corrected chi connectivity index (χ3v) is 5.05. The van der Waals surface area contributed by atoms with E-state index in [2.05, 4.69) is 9.73 Å². The summed E-state index contributed by atoms with van der Waals surface area (Å²) in [6, 6.07) is 8.85. The minimum atomic E-state index is -0.847. The van der Waals surface area contributed by atoms with Crippen LogP contribution in [0, 0.1) is 11.6 Å². The Morgan fingerprint density at radius 1 is 1.17 bits per heavy atom. The van der Waals surface area contributed by atoms with Crippen LogP contribution < -0.4 is 9.54 Å². The second-order valence-electron chi connectivity index (χ2n) is 6.04. The molecule has 0 radical (unpaired) electrons. The number of hydrogen-bond acceptors (Lipinski definition) is 5. The number of amides is 1. The maximum atomic E-state index is 14.3. The zero-order valence-corrected chi connectivity index (χ0v) is 16.6. The summed E-state index contributed by atoms with van der Waals surface area (Å²) in [7, 11) is 1.20. The number of hydrogen-bond donors (Lipinski definition) is 0. The molecule has 0 aliphatic heterocycles. The summed E-state index contributed by atoms with van der Waals surface area (Å²) in [4.78, 5) is 28.3. The largest absolute Gasteiger partial charge is 0.494 e. The number of carbonyl (C=O) groups is 2. The molecule has 0 aliphatic carbocycles. The van der Waals surface area contributed by atoms with Gasteiger partial charge >= 0.3 is 5.97 Å². The number of nitrogens with zero attached hydrogens (tertiary/aromatic N) is 2. The quantitative estimate of drug-likeness (QED) is 0.574. The summed E-state index contributed by atoms with van der Waals surface area (Å²) < 4.78 is 39.3. The predicted octanol–water partition coefficient (Wildman–Crippen LogP) is 3.22. The van der Waals surface area contributed by atoms with Crippen LogP contribution in [0.25, 0.3) is 10.2 Å². The summed E-state index contributed by atoms with van der Waals surface area (Å²) in [6.07, 6.45) is 0.00964. The molecule has 0 saturated heterocycles. The molecule has 1 heterocycles. The average molecular weight is 420 g/mol. The Morgan fingerprint density at radius 3 is 2.55 bits per heavy atom. The molecular weight excluding hydrogens is 402 g/mol. The summed E-state index contributed by atoms with van der Waals surface area (Å²) in [5.41, 5.74) is 0.717. The first kappa shape index (κ1) is 20.7. The zero-order valence-electron chi connectivity index (χ0n) is 15.8. The van der Waals surface area contributed by atoms with Crippen LogP contribution in [0.1, 0.15) is 12.5 Å². The Kier molecular flexibility index (Phi) is 6.38. The van der Waals surface area contributed by atoms with Gasteiger partial charge < -0.3 is 14.0 Å². The Labute approximate surface area is 169 Å². The third kappa shape index (κ3) is 4.86. The maximum absolute atomic E-state index is 14.3. The van der Waals surface area contributed by atoms with Crippen molar-refractivity contribution >= 4 is 33.4 Å². The monoisotopic (exact) mass is 420 g/mol. The molecular formula is C20H18F2N2O4S. The van der Waals surface area contributed by atoms with Gasteiger partial charge in [0.25, 0.3) is 5.91 Å². The lowest BCUT2D eigenvalue weighted by atomic mass is 10.1. The molecule has 0 aliphatic rings. The van der Waals surface area contributed by atoms with Crippen molar-refractivity contribution in [1.29, 1.82) is 0 Å². The lowest BCUT2D eigenvalue weighted by Gasteiger charge is -2.05. The molecule has 3 aromatic rings. The fourth-order valence-electron chi connectivity index (χ4n) is 2.75. The van der Waals surface area contributed by atoms with Gasteiger partial charge in [-0.3, -0.25) is 9.59 Å². The Morgan fingerprint density at radius 2 is 1.90 bits per heavy atom. The molecule has 29 heavy (non-hydrogen) atoms. The highest BCUT2D eigenvalue weighted by atomic mass is 32.1. The molecule has 9 heteroatoms. The standard InChI is InChI=1S/C20H18F2N2O4S/c1-3-28-14-6-4-12(5-7-14)8-17(25)23-20-24(11-18(26)27-2)19-15(22)9-13(21)10-16(19)29-20/h4-7,9-10H,3,8,11H2,1-2H3. The Bertz CT molecular complexity index is 1120. The molecule has 0 saturated carbocycles. The van der Waals surface area contributed by atoms with Gasteiger partial charge in [-0.25, -0.2) is 8.78 Å². The number of carbonyl (C=O) groups excluding carboxylic acids is 2. The van der Waals surface area contributed by atoms with Gasteiger partial charge in [-0.05, 0) is 30.7 Å². The number of methoxy groups -OCH3 is 1. The third-order valence-electron chi connectivity index (χ3n) is 4.02. The highest BCUT2D eigenvalue weighted by Gasteiger charge is 2.16. The number of aromatic nitrogens is 1. The summed E-state index contributed by atoms with van der Waals surface area (Å²) in [6.45, 7) is 2.06. The van der Waals surface area contributed by atoms with Crippen molar-refractivity contribution in [2.45, 2.75) is 19.9 Å². The van der Waals surface area contributed by atoms with Crippen molar-refractivity contribution in [3.05, 3.63) is 58.4 Å². The van der Waals surface area contributed by atoms with Crippen LogP contribution in [0.3, 0.4) is 0 Å². The van der Waals surface area contributed by atoms with E-state index in [1.54, 1.807) is 24.3 Å². The lowest BCUT2D eigenvalue weighted by Crippen LogP contribution is -2.23. The van der Waals surface area contributed by atoms with E-state index in [0.29, 0.717) is 18.4 Å². The lowest BCUT2D eigenvalue weighted by molar-refractivity contribution is -0.141. The maximum Gasteiger partial charge on any atom is 0.325 e. The van der Waals surface area contributed by atoms with Crippen LogP contribution in [-0.4, -0.2) is 30.2 Å². The number of benzene rings is 2. The minimum absolute atomic E-state index is 0.00517. The van der Waals surface area contributed by atoms with E-state index in [4.69, 9.17) is 4.74 Å². The normalized spacial score (nSPS) is 11.7. The van der Waals surface area contributed by atoms with Crippen LogP contribution in [0.15, 0.2) is 41.4 Å². The first-order valence-electron chi connectivity index (χ1n) is 8.75. The smallest absolute Gasteiger partial charge is 0.325 e. The number of esters is 1. The molecule has 1 aromatic heterocycles. The van der Waals surface area contributed by atoms with Crippen molar-refractivity contribution in [3.63, 3.8) is 0 Å². The number of fused-ring (bicyclic) bond motifs is 1. The molecule has 0 bridgehead atoms. The van der Waals surface area contributed by atoms with E-state index >= 15 is 0 Å². The van der Waals surface area contributed by atoms with Crippen molar-refractivity contribution < 1.29 is 27.8 Å². The van der Waals surface area contributed by atoms with Crippen molar-refractivity contribution in [3.8, 4) is 5.75 Å². The van der Waals surface area contributed by atoms with Gasteiger partial charge in [0.05, 0.1) is 30.4 Å². The fraction of sp³-hybridized carbons (Fsp3) is 0.250. The highest BCUT2D eigenvalue weighted by Crippen LogP contribution is 2.22. The topological polar surface area (TPSA) is 69.9 Å². The minimum Gasteiger partial charge on any atom is -0.494 e. The molecule has 0 atom stereocenters. The number of ether oxygens (including phenoxy) is 2. The highest BCUT2D eigenvalue weighted by molar-refractivity contribution is 7.16. The molecule has 0 N–H and O–H groups in total. The second kappa shape index (κ2) is 8.95. The van der Waals surface area contributed by atoms with Gasteiger partial charge in [0.15, 0.2) is 10.6 Å².